The predicted molar refractivity (Wildman–Crippen MR) is 105 cm³/mol. The van der Waals surface area contributed by atoms with Crippen molar-refractivity contribution in [3.63, 3.8) is 0 Å². The smallest absolute Gasteiger partial charge is 0.261 e. The van der Waals surface area contributed by atoms with E-state index in [1.807, 2.05) is 36.4 Å². The van der Waals surface area contributed by atoms with Gasteiger partial charge in [0.25, 0.3) is 11.8 Å². The minimum absolute atomic E-state index is 0.134. The lowest BCUT2D eigenvalue weighted by Crippen LogP contribution is -2.37. The summed E-state index contributed by atoms with van der Waals surface area (Å²) in [5.74, 6) is 0.425. The Hall–Kier alpha value is -3.67. The van der Waals surface area contributed by atoms with Crippen LogP contribution in [-0.4, -0.2) is 22.9 Å². The van der Waals surface area contributed by atoms with E-state index in [0.717, 1.165) is 16.9 Å². The molecule has 0 saturated carbocycles. The average molecular weight is 373 g/mol. The largest absolute Gasteiger partial charge is 0.480 e. The third-order valence-corrected chi connectivity index (χ3v) is 4.54. The Labute approximate surface area is 162 Å². The summed E-state index contributed by atoms with van der Waals surface area (Å²) in [4.78, 5) is 28.4. The van der Waals surface area contributed by atoms with Crippen molar-refractivity contribution in [2.75, 3.05) is 5.32 Å². The van der Waals surface area contributed by atoms with Crippen LogP contribution in [0.3, 0.4) is 0 Å². The van der Waals surface area contributed by atoms with E-state index >= 15 is 0 Å². The summed E-state index contributed by atoms with van der Waals surface area (Å²) in [6.45, 7) is 0.395. The second-order valence-electron chi connectivity index (χ2n) is 6.53. The summed E-state index contributed by atoms with van der Waals surface area (Å²) in [5, 5.41) is 5.72. The average Bonchev–Trinajstić information content (AvgIpc) is 3.18. The van der Waals surface area contributed by atoms with Gasteiger partial charge >= 0.3 is 0 Å². The van der Waals surface area contributed by atoms with Gasteiger partial charge in [0, 0.05) is 31.0 Å². The van der Waals surface area contributed by atoms with Crippen LogP contribution in [0.2, 0.25) is 0 Å². The maximum atomic E-state index is 12.4. The number of hydrogen-bond donors (Lipinski definition) is 2. The van der Waals surface area contributed by atoms with Gasteiger partial charge in [-0.2, -0.15) is 0 Å². The maximum absolute atomic E-state index is 12.4. The van der Waals surface area contributed by atoms with Crippen LogP contribution in [0, 0.1) is 0 Å². The summed E-state index contributed by atoms with van der Waals surface area (Å²) < 4.78 is 5.70. The number of para-hydroxylation sites is 1. The Morgan fingerprint density at radius 2 is 1.86 bits per heavy atom. The summed E-state index contributed by atoms with van der Waals surface area (Å²) in [6.07, 6.45) is 3.23. The molecule has 2 aromatic carbocycles. The molecule has 4 rings (SSSR count). The van der Waals surface area contributed by atoms with E-state index in [0.29, 0.717) is 24.2 Å². The Morgan fingerprint density at radius 1 is 1.04 bits per heavy atom. The number of carbonyl (C=O) groups excluding carboxylic acids is 2. The Kier molecular flexibility index (Phi) is 5.01. The molecule has 0 bridgehead atoms. The fraction of sp³-hybridized carbons (Fsp3) is 0.136. The molecule has 2 heterocycles. The van der Waals surface area contributed by atoms with Gasteiger partial charge in [0.15, 0.2) is 6.10 Å². The first-order chi connectivity index (χ1) is 13.7. The minimum atomic E-state index is -0.490. The molecule has 6 heteroatoms. The molecule has 0 aliphatic carbocycles. The SMILES string of the molecule is O=C(Nc1ccc(CNC(=O)C2Cc3ccccc3O2)cc1)c1cccnc1. The fourth-order valence-corrected chi connectivity index (χ4v) is 3.04. The first-order valence-electron chi connectivity index (χ1n) is 9.01. The number of anilines is 1. The van der Waals surface area contributed by atoms with Crippen molar-refractivity contribution in [3.8, 4) is 5.75 Å². The highest BCUT2D eigenvalue weighted by molar-refractivity contribution is 6.04. The highest BCUT2D eigenvalue weighted by atomic mass is 16.5. The number of ether oxygens (including phenoxy) is 1. The number of nitrogens with zero attached hydrogens (tertiary/aromatic N) is 1. The molecule has 1 aliphatic rings. The van der Waals surface area contributed by atoms with Gasteiger partial charge in [-0.25, -0.2) is 0 Å². The normalized spacial score (nSPS) is 14.6. The van der Waals surface area contributed by atoms with Crippen LogP contribution in [0.5, 0.6) is 5.75 Å². The number of benzene rings is 2. The first kappa shape index (κ1) is 17.7. The summed E-state index contributed by atoms with van der Waals surface area (Å²) >= 11 is 0. The molecule has 140 valence electrons. The number of hydrogen-bond acceptors (Lipinski definition) is 4. The number of carbonyl (C=O) groups is 2. The van der Waals surface area contributed by atoms with Crippen LogP contribution in [0.4, 0.5) is 5.69 Å². The second kappa shape index (κ2) is 7.92. The number of pyridine rings is 1. The molecule has 0 radical (unpaired) electrons. The zero-order chi connectivity index (χ0) is 19.3. The van der Waals surface area contributed by atoms with Gasteiger partial charge in [0.1, 0.15) is 5.75 Å². The maximum Gasteiger partial charge on any atom is 0.261 e. The van der Waals surface area contributed by atoms with Crippen LogP contribution in [0.1, 0.15) is 21.5 Å². The summed E-state index contributed by atoms with van der Waals surface area (Å²) in [7, 11) is 0. The summed E-state index contributed by atoms with van der Waals surface area (Å²) in [6, 6.07) is 18.4. The monoisotopic (exact) mass is 373 g/mol. The Morgan fingerprint density at radius 3 is 2.61 bits per heavy atom. The molecule has 0 saturated heterocycles. The minimum Gasteiger partial charge on any atom is -0.480 e. The van der Waals surface area contributed by atoms with Crippen LogP contribution in [0.15, 0.2) is 73.1 Å². The molecule has 3 aromatic rings. The van der Waals surface area contributed by atoms with Crippen LogP contribution >= 0.6 is 0 Å². The summed E-state index contributed by atoms with van der Waals surface area (Å²) in [5.41, 5.74) is 3.16. The van der Waals surface area contributed by atoms with Gasteiger partial charge in [0.2, 0.25) is 0 Å². The quantitative estimate of drug-likeness (QED) is 0.721. The lowest BCUT2D eigenvalue weighted by Gasteiger charge is -2.12. The molecule has 1 aliphatic heterocycles. The molecular weight excluding hydrogens is 354 g/mol. The van der Waals surface area contributed by atoms with Gasteiger partial charge in [-0.15, -0.1) is 0 Å². The third-order valence-electron chi connectivity index (χ3n) is 4.54. The molecule has 2 amide bonds. The molecule has 0 spiro atoms. The van der Waals surface area contributed by atoms with Crippen LogP contribution in [0.25, 0.3) is 0 Å². The number of aromatic nitrogens is 1. The fourth-order valence-electron chi connectivity index (χ4n) is 3.04. The Balaban J connectivity index is 1.29. The molecule has 28 heavy (non-hydrogen) atoms. The van der Waals surface area contributed by atoms with Crippen molar-refractivity contribution in [2.24, 2.45) is 0 Å². The van der Waals surface area contributed by atoms with E-state index in [1.54, 1.807) is 30.5 Å². The number of rotatable bonds is 5. The van der Waals surface area contributed by atoms with Crippen molar-refractivity contribution >= 4 is 17.5 Å². The lowest BCUT2D eigenvalue weighted by molar-refractivity contribution is -0.127. The number of fused-ring (bicyclic) bond motifs is 1. The first-order valence-corrected chi connectivity index (χ1v) is 9.01. The van der Waals surface area contributed by atoms with E-state index in [2.05, 4.69) is 15.6 Å². The number of nitrogens with one attached hydrogen (secondary N) is 2. The highest BCUT2D eigenvalue weighted by Gasteiger charge is 2.28. The van der Waals surface area contributed by atoms with Gasteiger partial charge in [-0.1, -0.05) is 30.3 Å². The second-order valence-corrected chi connectivity index (χ2v) is 6.53. The van der Waals surface area contributed by atoms with Crippen molar-refractivity contribution in [3.05, 3.63) is 89.7 Å². The van der Waals surface area contributed by atoms with Gasteiger partial charge in [-0.3, -0.25) is 14.6 Å². The van der Waals surface area contributed by atoms with E-state index in [1.165, 1.54) is 6.20 Å². The van der Waals surface area contributed by atoms with E-state index in [4.69, 9.17) is 4.74 Å². The Bertz CT molecular complexity index is 962. The molecule has 0 fully saturated rings. The topological polar surface area (TPSA) is 80.3 Å². The van der Waals surface area contributed by atoms with Gasteiger partial charge in [-0.05, 0) is 41.5 Å². The predicted octanol–water partition coefficient (Wildman–Crippen LogP) is 2.95. The lowest BCUT2D eigenvalue weighted by atomic mass is 10.1. The zero-order valence-electron chi connectivity index (χ0n) is 15.1. The van der Waals surface area contributed by atoms with Crippen molar-refractivity contribution in [1.29, 1.82) is 0 Å². The van der Waals surface area contributed by atoms with E-state index in [-0.39, 0.29) is 11.8 Å². The standard InChI is InChI=1S/C22H19N3O3/c26-21(17-5-3-11-23-14-17)25-18-9-7-15(8-10-18)13-24-22(27)20-12-16-4-1-2-6-19(16)28-20/h1-11,14,20H,12-13H2,(H,24,27)(H,25,26). The van der Waals surface area contributed by atoms with Crippen molar-refractivity contribution < 1.29 is 14.3 Å². The van der Waals surface area contributed by atoms with E-state index < -0.39 is 6.10 Å². The van der Waals surface area contributed by atoms with Crippen LogP contribution < -0.4 is 15.4 Å². The van der Waals surface area contributed by atoms with Gasteiger partial charge < -0.3 is 15.4 Å². The molecular formula is C22H19N3O3. The third kappa shape index (κ3) is 4.01. The molecule has 1 aromatic heterocycles. The van der Waals surface area contributed by atoms with Crippen molar-refractivity contribution in [2.45, 2.75) is 19.1 Å². The van der Waals surface area contributed by atoms with E-state index in [9.17, 15) is 9.59 Å². The highest BCUT2D eigenvalue weighted by Crippen LogP contribution is 2.28. The van der Waals surface area contributed by atoms with Gasteiger partial charge in [0.05, 0.1) is 5.56 Å². The molecule has 2 N–H and O–H groups in total. The van der Waals surface area contributed by atoms with Crippen molar-refractivity contribution in [1.82, 2.24) is 10.3 Å². The molecule has 1 unspecified atom stereocenters. The van der Waals surface area contributed by atoms with Crippen LogP contribution in [-0.2, 0) is 17.8 Å². The molecule has 6 nitrogen and oxygen atoms in total. The number of amides is 2. The zero-order valence-corrected chi connectivity index (χ0v) is 15.1. The molecule has 1 atom stereocenters.